The molecule has 1 unspecified atom stereocenters. The molecule has 1 aliphatic rings. The third-order valence-corrected chi connectivity index (χ3v) is 7.11. The predicted octanol–water partition coefficient (Wildman–Crippen LogP) is 1.97. The van der Waals surface area contributed by atoms with Gasteiger partial charge in [0.15, 0.2) is 0 Å². The van der Waals surface area contributed by atoms with Crippen LogP contribution in [0, 0.1) is 6.92 Å². The number of sulfonamides is 1. The highest BCUT2D eigenvalue weighted by Gasteiger charge is 2.31. The number of rotatable bonds is 7. The van der Waals surface area contributed by atoms with E-state index in [4.69, 9.17) is 4.74 Å². The van der Waals surface area contributed by atoms with Gasteiger partial charge >= 0.3 is 0 Å². The molecule has 0 radical (unpaired) electrons. The van der Waals surface area contributed by atoms with Crippen LogP contribution >= 0.6 is 11.3 Å². The van der Waals surface area contributed by atoms with Crippen molar-refractivity contribution in [1.82, 2.24) is 9.62 Å². The Morgan fingerprint density at radius 3 is 2.86 bits per heavy atom. The van der Waals surface area contributed by atoms with Gasteiger partial charge in [0.25, 0.3) is 0 Å². The maximum Gasteiger partial charge on any atom is 0.244 e. The second kappa shape index (κ2) is 7.19. The van der Waals surface area contributed by atoms with E-state index in [1.54, 1.807) is 4.31 Å². The SMILES string of the molecule is CCN(CC1CCCO1)S(=O)(=O)c1c(C)csc1CNC. The molecule has 0 saturated carbocycles. The van der Waals surface area contributed by atoms with E-state index in [0.29, 0.717) is 24.5 Å². The Kier molecular flexibility index (Phi) is 5.79. The van der Waals surface area contributed by atoms with Crippen LogP contribution in [-0.2, 0) is 21.3 Å². The van der Waals surface area contributed by atoms with Crippen LogP contribution in [-0.4, -0.2) is 45.6 Å². The summed E-state index contributed by atoms with van der Waals surface area (Å²) in [6, 6.07) is 0. The van der Waals surface area contributed by atoms with Crippen LogP contribution < -0.4 is 5.32 Å². The molecular weight excluding hydrogens is 308 g/mol. The molecule has 120 valence electrons. The van der Waals surface area contributed by atoms with Gasteiger partial charge < -0.3 is 10.1 Å². The van der Waals surface area contributed by atoms with E-state index < -0.39 is 10.0 Å². The fraction of sp³-hybridized carbons (Fsp3) is 0.714. The van der Waals surface area contributed by atoms with Crippen molar-refractivity contribution in [2.24, 2.45) is 0 Å². The molecule has 1 N–H and O–H groups in total. The first kappa shape index (κ1) is 16.9. The van der Waals surface area contributed by atoms with Crippen molar-refractivity contribution < 1.29 is 13.2 Å². The summed E-state index contributed by atoms with van der Waals surface area (Å²) in [5.74, 6) is 0. The molecule has 1 aromatic heterocycles. The number of thiophene rings is 1. The summed E-state index contributed by atoms with van der Waals surface area (Å²) in [5, 5.41) is 4.96. The van der Waals surface area contributed by atoms with Crippen molar-refractivity contribution in [1.29, 1.82) is 0 Å². The van der Waals surface area contributed by atoms with E-state index in [2.05, 4.69) is 5.32 Å². The summed E-state index contributed by atoms with van der Waals surface area (Å²) in [7, 11) is -1.63. The molecule has 21 heavy (non-hydrogen) atoms. The van der Waals surface area contributed by atoms with Gasteiger partial charge in [0.1, 0.15) is 4.90 Å². The number of hydrogen-bond acceptors (Lipinski definition) is 5. The highest BCUT2D eigenvalue weighted by atomic mass is 32.2. The van der Waals surface area contributed by atoms with Gasteiger partial charge in [-0.25, -0.2) is 8.42 Å². The van der Waals surface area contributed by atoms with Crippen LogP contribution in [0.4, 0.5) is 0 Å². The summed E-state index contributed by atoms with van der Waals surface area (Å²) in [6.45, 7) is 5.98. The number of nitrogens with one attached hydrogen (secondary N) is 1. The Morgan fingerprint density at radius 1 is 1.52 bits per heavy atom. The number of likely N-dealkylation sites (N-methyl/N-ethyl adjacent to an activating group) is 1. The van der Waals surface area contributed by atoms with E-state index in [1.165, 1.54) is 11.3 Å². The van der Waals surface area contributed by atoms with Crippen LogP contribution in [0.25, 0.3) is 0 Å². The number of hydrogen-bond donors (Lipinski definition) is 1. The van der Waals surface area contributed by atoms with Gasteiger partial charge in [0.2, 0.25) is 10.0 Å². The first-order chi connectivity index (χ1) is 10.0. The molecule has 0 aliphatic carbocycles. The van der Waals surface area contributed by atoms with Gasteiger partial charge in [-0.15, -0.1) is 11.3 Å². The molecule has 5 nitrogen and oxygen atoms in total. The summed E-state index contributed by atoms with van der Waals surface area (Å²) in [5.41, 5.74) is 0.830. The third kappa shape index (κ3) is 3.65. The van der Waals surface area contributed by atoms with E-state index in [9.17, 15) is 8.42 Å². The fourth-order valence-corrected chi connectivity index (χ4v) is 5.91. The highest BCUT2D eigenvalue weighted by Crippen LogP contribution is 2.30. The Hall–Kier alpha value is -0.470. The molecule has 2 heterocycles. The molecule has 1 aliphatic heterocycles. The minimum absolute atomic E-state index is 0.0337. The maximum atomic E-state index is 13.0. The topological polar surface area (TPSA) is 58.6 Å². The summed E-state index contributed by atoms with van der Waals surface area (Å²) in [6.07, 6.45) is 1.99. The first-order valence-electron chi connectivity index (χ1n) is 7.34. The first-order valence-corrected chi connectivity index (χ1v) is 9.66. The smallest absolute Gasteiger partial charge is 0.244 e. The van der Waals surface area contributed by atoms with Crippen LogP contribution in [0.1, 0.15) is 30.2 Å². The molecule has 0 spiro atoms. The fourth-order valence-electron chi connectivity index (χ4n) is 2.66. The Morgan fingerprint density at radius 2 is 2.29 bits per heavy atom. The van der Waals surface area contributed by atoms with Crippen LogP contribution in [0.2, 0.25) is 0 Å². The van der Waals surface area contributed by atoms with Gasteiger partial charge in [-0.2, -0.15) is 4.31 Å². The van der Waals surface area contributed by atoms with Crippen LogP contribution in [0.5, 0.6) is 0 Å². The summed E-state index contributed by atoms with van der Waals surface area (Å²) in [4.78, 5) is 1.35. The second-order valence-electron chi connectivity index (χ2n) is 5.29. The monoisotopic (exact) mass is 332 g/mol. The van der Waals surface area contributed by atoms with E-state index in [-0.39, 0.29) is 6.10 Å². The van der Waals surface area contributed by atoms with Crippen molar-refractivity contribution >= 4 is 21.4 Å². The minimum Gasteiger partial charge on any atom is -0.377 e. The van der Waals surface area contributed by atoms with Crippen molar-refractivity contribution in [3.8, 4) is 0 Å². The zero-order chi connectivity index (χ0) is 15.5. The second-order valence-corrected chi connectivity index (χ2v) is 8.13. The van der Waals surface area contributed by atoms with Gasteiger partial charge in [0.05, 0.1) is 6.10 Å². The molecule has 2 rings (SSSR count). The lowest BCUT2D eigenvalue weighted by atomic mass is 10.2. The lowest BCUT2D eigenvalue weighted by Gasteiger charge is -2.24. The number of ether oxygens (including phenoxy) is 1. The van der Waals surface area contributed by atoms with E-state index in [1.807, 2.05) is 26.3 Å². The molecule has 0 aromatic carbocycles. The van der Waals surface area contributed by atoms with E-state index >= 15 is 0 Å². The lowest BCUT2D eigenvalue weighted by molar-refractivity contribution is 0.0946. The number of nitrogens with zero attached hydrogens (tertiary/aromatic N) is 1. The van der Waals surface area contributed by atoms with Crippen LogP contribution in [0.15, 0.2) is 10.3 Å². The highest BCUT2D eigenvalue weighted by molar-refractivity contribution is 7.89. The Bertz CT molecular complexity index is 563. The Labute approximate surface area is 131 Å². The average molecular weight is 332 g/mol. The molecule has 7 heteroatoms. The van der Waals surface area contributed by atoms with Crippen molar-refractivity contribution in [2.45, 2.75) is 44.2 Å². The molecule has 0 bridgehead atoms. The Balaban J connectivity index is 2.27. The zero-order valence-electron chi connectivity index (χ0n) is 12.9. The molecule has 1 fully saturated rings. The molecule has 1 saturated heterocycles. The molecule has 1 atom stereocenters. The number of aryl methyl sites for hydroxylation is 1. The van der Waals surface area contributed by atoms with Crippen molar-refractivity contribution in [2.75, 3.05) is 26.7 Å². The van der Waals surface area contributed by atoms with Crippen molar-refractivity contribution in [3.63, 3.8) is 0 Å². The maximum absolute atomic E-state index is 13.0. The van der Waals surface area contributed by atoms with Gasteiger partial charge in [-0.05, 0) is 37.8 Å². The van der Waals surface area contributed by atoms with E-state index in [0.717, 1.165) is 29.9 Å². The standard InChI is InChI=1S/C14H24N2O3S2/c1-4-16(9-12-6-5-7-19-12)21(17,18)14-11(2)10-20-13(14)8-15-3/h10,12,15H,4-9H2,1-3H3. The predicted molar refractivity (Wildman–Crippen MR) is 85.2 cm³/mol. The molecular formula is C14H24N2O3S2. The quantitative estimate of drug-likeness (QED) is 0.829. The minimum atomic E-state index is -3.46. The largest absolute Gasteiger partial charge is 0.377 e. The zero-order valence-corrected chi connectivity index (χ0v) is 14.5. The summed E-state index contributed by atoms with van der Waals surface area (Å²) < 4.78 is 33.1. The van der Waals surface area contributed by atoms with Crippen LogP contribution in [0.3, 0.4) is 0 Å². The van der Waals surface area contributed by atoms with Gasteiger partial charge in [0, 0.05) is 31.1 Å². The third-order valence-electron chi connectivity index (χ3n) is 3.71. The lowest BCUT2D eigenvalue weighted by Crippen LogP contribution is -2.37. The van der Waals surface area contributed by atoms with Crippen molar-refractivity contribution in [3.05, 3.63) is 15.8 Å². The molecule has 1 aromatic rings. The molecule has 0 amide bonds. The normalized spacial score (nSPS) is 19.5. The summed E-state index contributed by atoms with van der Waals surface area (Å²) >= 11 is 1.50. The van der Waals surface area contributed by atoms with Gasteiger partial charge in [-0.1, -0.05) is 6.92 Å². The van der Waals surface area contributed by atoms with Gasteiger partial charge in [-0.3, -0.25) is 0 Å². The average Bonchev–Trinajstić information content (AvgIpc) is 3.06.